The number of hydrogen-bond donors (Lipinski definition) is 3. The number of rotatable bonds is 15. The summed E-state index contributed by atoms with van der Waals surface area (Å²) in [6.45, 7) is 9.26. The van der Waals surface area contributed by atoms with E-state index in [1.165, 1.54) is 46.0 Å². The van der Waals surface area contributed by atoms with Gasteiger partial charge in [-0.3, -0.25) is 14.9 Å². The highest BCUT2D eigenvalue weighted by Crippen LogP contribution is 2.37. The summed E-state index contributed by atoms with van der Waals surface area (Å²) in [6.07, 6.45) is 4.42. The van der Waals surface area contributed by atoms with E-state index in [2.05, 4.69) is 5.32 Å². The molecule has 1 amide bonds. The number of amides is 1. The van der Waals surface area contributed by atoms with Gasteiger partial charge in [0.1, 0.15) is 35.4 Å². The van der Waals surface area contributed by atoms with Gasteiger partial charge in [0, 0.05) is 24.5 Å². The molecule has 0 spiro atoms. The molecule has 52 heavy (non-hydrogen) atoms. The molecule has 282 valence electrons. The van der Waals surface area contributed by atoms with Crippen molar-refractivity contribution in [3.05, 3.63) is 46.6 Å². The van der Waals surface area contributed by atoms with Crippen molar-refractivity contribution in [3.8, 4) is 28.6 Å². The zero-order chi connectivity index (χ0) is 37.7. The molecule has 14 nitrogen and oxygen atoms in total. The Hall–Kier alpha value is -4.66. The lowest BCUT2D eigenvalue weighted by Gasteiger charge is -2.26. The van der Waals surface area contributed by atoms with E-state index in [-0.39, 0.29) is 24.6 Å². The normalized spacial score (nSPS) is 14.8. The average Bonchev–Trinajstić information content (AvgIpc) is 3.71. The van der Waals surface area contributed by atoms with Crippen molar-refractivity contribution >= 4 is 28.7 Å². The first-order valence-corrected chi connectivity index (χ1v) is 17.9. The maximum Gasteiger partial charge on any atom is 0.327 e. The van der Waals surface area contributed by atoms with Crippen LogP contribution in [0, 0.1) is 26.7 Å². The second-order valence-corrected chi connectivity index (χ2v) is 13.5. The van der Waals surface area contributed by atoms with E-state index < -0.39 is 24.3 Å². The van der Waals surface area contributed by atoms with E-state index in [0.29, 0.717) is 46.6 Å². The van der Waals surface area contributed by atoms with Gasteiger partial charge < -0.3 is 33.8 Å². The molecule has 2 unspecified atom stereocenters. The van der Waals surface area contributed by atoms with Crippen molar-refractivity contribution in [1.82, 2.24) is 24.4 Å². The summed E-state index contributed by atoms with van der Waals surface area (Å²) in [5, 5.41) is 29.2. The van der Waals surface area contributed by atoms with E-state index >= 15 is 0 Å². The minimum Gasteiger partial charge on any atom is -0.496 e. The number of aliphatic hydroxyl groups excluding tert-OH is 2. The fraction of sp³-hybridized carbons (Fsp3) is 0.526. The van der Waals surface area contributed by atoms with Gasteiger partial charge in [-0.1, -0.05) is 37.2 Å². The van der Waals surface area contributed by atoms with E-state index in [1.807, 2.05) is 43.7 Å². The lowest BCUT2D eigenvalue weighted by molar-refractivity contribution is -0.276. The third-order valence-electron chi connectivity index (χ3n) is 10.0. The molecule has 4 aromatic rings. The van der Waals surface area contributed by atoms with Crippen LogP contribution < -0.4 is 19.5 Å². The molecule has 3 N–H and O–H groups in total. The Kier molecular flexibility index (Phi) is 12.4. The Morgan fingerprint density at radius 1 is 0.904 bits per heavy atom. The minimum absolute atomic E-state index is 0.0546. The zero-order valence-corrected chi connectivity index (χ0v) is 31.5. The third kappa shape index (κ3) is 8.35. The lowest BCUT2D eigenvalue weighted by atomic mass is 9.87. The predicted molar refractivity (Wildman–Crippen MR) is 196 cm³/mol. The van der Waals surface area contributed by atoms with Gasteiger partial charge in [-0.2, -0.15) is 4.98 Å². The van der Waals surface area contributed by atoms with Crippen LogP contribution in [0.25, 0.3) is 22.3 Å². The topological polar surface area (TPSA) is 162 Å². The van der Waals surface area contributed by atoms with Crippen LogP contribution in [-0.4, -0.2) is 80.3 Å². The van der Waals surface area contributed by atoms with Crippen LogP contribution in [0.5, 0.6) is 17.2 Å². The largest absolute Gasteiger partial charge is 0.496 e. The van der Waals surface area contributed by atoms with E-state index in [1.54, 1.807) is 32.0 Å². The standard InChI is InChI=1S/C38H52N6O8/c1-22-18-34(51-8)29(20-32(22)49-6)36-39-38(41-43(36)17-14-27-12-10-9-11-13-27)40-37(48)31-19-28-23(2)24(3)33(50-7)21-30(28)42(31)16-15-35(47)52-44(25(4)45)26(5)46/h18-21,25-27,45-46H,9-17H2,1-8H3,(H,40,41,48). The van der Waals surface area contributed by atoms with Gasteiger partial charge in [0.05, 0.1) is 38.8 Å². The first kappa shape index (κ1) is 38.6. The minimum atomic E-state index is -1.23. The Labute approximate surface area is 304 Å². The number of methoxy groups -OCH3 is 3. The highest BCUT2D eigenvalue weighted by molar-refractivity contribution is 6.06. The highest BCUT2D eigenvalue weighted by Gasteiger charge is 2.26. The van der Waals surface area contributed by atoms with Crippen LogP contribution in [0.4, 0.5) is 5.95 Å². The first-order valence-electron chi connectivity index (χ1n) is 17.9. The number of anilines is 1. The molecule has 2 aromatic carbocycles. The number of nitrogens with zero attached hydrogens (tertiary/aromatic N) is 5. The zero-order valence-electron chi connectivity index (χ0n) is 31.5. The lowest BCUT2D eigenvalue weighted by Crippen LogP contribution is -2.41. The summed E-state index contributed by atoms with van der Waals surface area (Å²) < 4.78 is 20.6. The fourth-order valence-electron chi connectivity index (χ4n) is 7.03. The highest BCUT2D eigenvalue weighted by atomic mass is 16.7. The Balaban J connectivity index is 1.51. The molecule has 1 aliphatic rings. The molecule has 0 bridgehead atoms. The molecule has 1 fully saturated rings. The number of ether oxygens (including phenoxy) is 3. The summed E-state index contributed by atoms with van der Waals surface area (Å²) in [5.41, 5.74) is 4.41. The molecule has 14 heteroatoms. The first-order chi connectivity index (χ1) is 24.9. The molecule has 2 aromatic heterocycles. The van der Waals surface area contributed by atoms with Crippen molar-refractivity contribution in [2.24, 2.45) is 5.92 Å². The van der Waals surface area contributed by atoms with Crippen molar-refractivity contribution < 1.29 is 38.9 Å². The number of carbonyl (C=O) groups is 2. The van der Waals surface area contributed by atoms with Crippen molar-refractivity contribution in [1.29, 1.82) is 0 Å². The molecular formula is C38H52N6O8. The van der Waals surface area contributed by atoms with Crippen molar-refractivity contribution in [3.63, 3.8) is 0 Å². The van der Waals surface area contributed by atoms with Crippen LogP contribution in [-0.2, 0) is 22.7 Å². The molecule has 2 atom stereocenters. The van der Waals surface area contributed by atoms with E-state index in [4.69, 9.17) is 29.1 Å². The van der Waals surface area contributed by atoms with Crippen molar-refractivity contribution in [2.75, 3.05) is 26.6 Å². The molecular weight excluding hydrogens is 668 g/mol. The molecule has 0 radical (unpaired) electrons. The maximum absolute atomic E-state index is 14.2. The number of hydrogen-bond acceptors (Lipinski definition) is 11. The summed E-state index contributed by atoms with van der Waals surface area (Å²) in [6, 6.07) is 7.40. The van der Waals surface area contributed by atoms with Gasteiger partial charge in [0.15, 0.2) is 5.82 Å². The SMILES string of the molecule is COc1cc(-c2nc(NC(=O)c3cc4c(C)c(C)c(OC)cc4n3CCC(=O)ON(C(C)O)C(C)O)nn2CCC2CCCCC2)c(OC)cc1C. The van der Waals surface area contributed by atoms with Crippen LogP contribution >= 0.6 is 0 Å². The second-order valence-electron chi connectivity index (χ2n) is 13.5. The number of aliphatic hydroxyl groups is 2. The molecule has 5 rings (SSSR count). The van der Waals surface area contributed by atoms with Crippen LogP contribution in [0.15, 0.2) is 24.3 Å². The summed E-state index contributed by atoms with van der Waals surface area (Å²) in [5.74, 6) is 2.02. The van der Waals surface area contributed by atoms with Crippen LogP contribution in [0.2, 0.25) is 0 Å². The third-order valence-corrected chi connectivity index (χ3v) is 10.0. The smallest absolute Gasteiger partial charge is 0.327 e. The van der Waals surface area contributed by atoms with Gasteiger partial charge in [-0.25, -0.2) is 4.68 Å². The van der Waals surface area contributed by atoms with Crippen LogP contribution in [0.1, 0.15) is 86.0 Å². The van der Waals surface area contributed by atoms with Gasteiger partial charge in [-0.15, -0.1) is 5.10 Å². The average molecular weight is 721 g/mol. The number of nitrogens with one attached hydrogen (secondary N) is 1. The number of benzene rings is 2. The number of aromatic nitrogens is 4. The van der Waals surface area contributed by atoms with E-state index in [9.17, 15) is 19.8 Å². The number of hydroxylamine groups is 2. The fourth-order valence-corrected chi connectivity index (χ4v) is 7.03. The Bertz CT molecular complexity index is 1880. The Morgan fingerprint density at radius 3 is 2.21 bits per heavy atom. The van der Waals surface area contributed by atoms with E-state index in [0.717, 1.165) is 33.6 Å². The maximum atomic E-state index is 14.2. The Morgan fingerprint density at radius 2 is 1.58 bits per heavy atom. The quantitative estimate of drug-likeness (QED) is 0.0990. The summed E-state index contributed by atoms with van der Waals surface area (Å²) in [7, 11) is 4.81. The second kappa shape index (κ2) is 16.8. The monoisotopic (exact) mass is 720 g/mol. The summed E-state index contributed by atoms with van der Waals surface area (Å²) in [4.78, 5) is 37.2. The number of carbonyl (C=O) groups excluding carboxylic acids is 2. The predicted octanol–water partition coefficient (Wildman–Crippen LogP) is 5.90. The molecule has 2 heterocycles. The van der Waals surface area contributed by atoms with Gasteiger partial charge in [0.2, 0.25) is 5.95 Å². The van der Waals surface area contributed by atoms with Crippen LogP contribution in [0.3, 0.4) is 0 Å². The number of fused-ring (bicyclic) bond motifs is 1. The molecule has 1 saturated carbocycles. The van der Waals surface area contributed by atoms with Gasteiger partial charge in [0.25, 0.3) is 5.91 Å². The van der Waals surface area contributed by atoms with Gasteiger partial charge in [-0.05, 0) is 81.8 Å². The molecule has 0 saturated heterocycles. The number of aryl methyl sites for hydroxylation is 4. The summed E-state index contributed by atoms with van der Waals surface area (Å²) >= 11 is 0. The molecule has 0 aliphatic heterocycles. The van der Waals surface area contributed by atoms with Crippen molar-refractivity contribution in [2.45, 2.75) is 105 Å². The molecule has 1 aliphatic carbocycles. The van der Waals surface area contributed by atoms with Gasteiger partial charge >= 0.3 is 5.97 Å².